The first-order chi connectivity index (χ1) is 23.8. The van der Waals surface area contributed by atoms with Crippen LogP contribution < -0.4 is 4.90 Å². The van der Waals surface area contributed by atoms with E-state index in [1.807, 2.05) is 6.07 Å². The molecule has 9 rings (SSSR count). The summed E-state index contributed by atoms with van der Waals surface area (Å²) in [6.07, 6.45) is 0. The van der Waals surface area contributed by atoms with Gasteiger partial charge in [0.2, 0.25) is 0 Å². The maximum Gasteiger partial charge on any atom is 0.136 e. The number of fused-ring (bicyclic) bond motifs is 4. The third-order valence-electron chi connectivity index (χ3n) is 9.24. The van der Waals surface area contributed by atoms with Gasteiger partial charge in [0, 0.05) is 27.6 Å². The van der Waals surface area contributed by atoms with Crippen LogP contribution in [0.2, 0.25) is 0 Å². The second kappa shape index (κ2) is 11.8. The molecule has 8 aromatic carbocycles. The number of furan rings is 1. The molecule has 48 heavy (non-hydrogen) atoms. The minimum atomic E-state index is 0.870. The molecule has 0 atom stereocenters. The van der Waals surface area contributed by atoms with Gasteiger partial charge in [-0.25, -0.2) is 0 Å². The first-order valence-corrected chi connectivity index (χ1v) is 16.4. The molecule has 1 heterocycles. The Hall–Kier alpha value is -6.38. The van der Waals surface area contributed by atoms with E-state index >= 15 is 0 Å². The number of rotatable bonds is 6. The van der Waals surface area contributed by atoms with Gasteiger partial charge in [-0.15, -0.1) is 0 Å². The van der Waals surface area contributed by atoms with Gasteiger partial charge in [0.15, 0.2) is 0 Å². The lowest BCUT2D eigenvalue weighted by atomic mass is 9.93. The second-order valence-corrected chi connectivity index (χ2v) is 12.1. The molecule has 0 saturated carbocycles. The average Bonchev–Trinajstić information content (AvgIpc) is 3.55. The lowest BCUT2D eigenvalue weighted by molar-refractivity contribution is 0.669. The van der Waals surface area contributed by atoms with Gasteiger partial charge in [0.25, 0.3) is 0 Å². The van der Waals surface area contributed by atoms with Gasteiger partial charge in [0.1, 0.15) is 11.2 Å². The Balaban J connectivity index is 1.39. The predicted octanol–water partition coefficient (Wildman–Crippen LogP) is 13.2. The van der Waals surface area contributed by atoms with Crippen LogP contribution in [0.4, 0.5) is 17.1 Å². The Labute approximate surface area is 279 Å². The Morgan fingerprint density at radius 3 is 1.90 bits per heavy atom. The summed E-state index contributed by atoms with van der Waals surface area (Å²) in [5, 5.41) is 4.62. The summed E-state index contributed by atoms with van der Waals surface area (Å²) < 4.78 is 6.51. The standard InChI is InChI=1S/C46H31NO/c1-3-14-32(15-4-1)35-20-13-21-37(30-35)45-42(28-29-44-46(45)40-23-10-12-25-43(40)48-44)47(38-27-26-33-16-7-8-19-36(33)31-38)41-24-11-9-22-39(41)34-17-5-2-6-18-34/h1-31H. The molecule has 0 unspecified atom stereocenters. The third-order valence-corrected chi connectivity index (χ3v) is 9.24. The molecule has 0 aliphatic carbocycles. The van der Waals surface area contributed by atoms with Crippen molar-refractivity contribution in [3.8, 4) is 33.4 Å². The minimum Gasteiger partial charge on any atom is -0.456 e. The molecule has 1 aromatic heterocycles. The van der Waals surface area contributed by atoms with E-state index < -0.39 is 0 Å². The van der Waals surface area contributed by atoms with Crippen LogP contribution in [-0.4, -0.2) is 0 Å². The van der Waals surface area contributed by atoms with Gasteiger partial charge < -0.3 is 9.32 Å². The maximum atomic E-state index is 6.51. The van der Waals surface area contributed by atoms with E-state index in [9.17, 15) is 0 Å². The molecule has 0 N–H and O–H groups in total. The minimum absolute atomic E-state index is 0.870. The van der Waals surface area contributed by atoms with Crippen molar-refractivity contribution in [3.05, 3.63) is 188 Å². The van der Waals surface area contributed by atoms with E-state index in [0.717, 1.165) is 55.7 Å². The Bertz CT molecular complexity index is 2560. The van der Waals surface area contributed by atoms with Crippen LogP contribution in [0.15, 0.2) is 192 Å². The molecule has 0 fully saturated rings. The highest BCUT2D eigenvalue weighted by molar-refractivity contribution is 6.17. The zero-order valence-electron chi connectivity index (χ0n) is 26.3. The molecule has 0 spiro atoms. The molecule has 0 saturated heterocycles. The van der Waals surface area contributed by atoms with Crippen molar-refractivity contribution in [2.75, 3.05) is 4.90 Å². The smallest absolute Gasteiger partial charge is 0.136 e. The molecule has 0 aliphatic rings. The van der Waals surface area contributed by atoms with E-state index in [1.54, 1.807) is 0 Å². The average molecular weight is 614 g/mol. The highest BCUT2D eigenvalue weighted by Gasteiger charge is 2.24. The van der Waals surface area contributed by atoms with Crippen molar-refractivity contribution >= 4 is 49.8 Å². The fourth-order valence-electron chi connectivity index (χ4n) is 7.02. The van der Waals surface area contributed by atoms with E-state index in [1.165, 1.54) is 27.5 Å². The number of hydrogen-bond donors (Lipinski definition) is 0. The van der Waals surface area contributed by atoms with E-state index in [0.29, 0.717) is 0 Å². The first kappa shape index (κ1) is 27.9. The molecule has 9 aromatic rings. The molecule has 226 valence electrons. The second-order valence-electron chi connectivity index (χ2n) is 12.1. The summed E-state index contributed by atoms with van der Waals surface area (Å²) in [6.45, 7) is 0. The Morgan fingerprint density at radius 1 is 0.375 bits per heavy atom. The SMILES string of the molecule is c1ccc(-c2cccc(-c3c(N(c4ccc5ccccc5c4)c4ccccc4-c4ccccc4)ccc4oc5ccccc5c34)c2)cc1. The summed E-state index contributed by atoms with van der Waals surface area (Å²) in [6, 6.07) is 67.0. The van der Waals surface area contributed by atoms with Crippen LogP contribution in [0.25, 0.3) is 66.1 Å². The zero-order chi connectivity index (χ0) is 31.9. The van der Waals surface area contributed by atoms with E-state index in [2.05, 4.69) is 187 Å². The first-order valence-electron chi connectivity index (χ1n) is 16.4. The highest BCUT2D eigenvalue weighted by atomic mass is 16.3. The van der Waals surface area contributed by atoms with Crippen LogP contribution in [-0.2, 0) is 0 Å². The summed E-state index contributed by atoms with van der Waals surface area (Å²) >= 11 is 0. The molecular weight excluding hydrogens is 583 g/mol. The predicted molar refractivity (Wildman–Crippen MR) is 202 cm³/mol. The summed E-state index contributed by atoms with van der Waals surface area (Å²) in [7, 11) is 0. The van der Waals surface area contributed by atoms with Crippen LogP contribution in [0.5, 0.6) is 0 Å². The summed E-state index contributed by atoms with van der Waals surface area (Å²) in [4.78, 5) is 2.43. The van der Waals surface area contributed by atoms with E-state index in [4.69, 9.17) is 4.42 Å². The number of hydrogen-bond acceptors (Lipinski definition) is 2. The van der Waals surface area contributed by atoms with Gasteiger partial charge in [-0.05, 0) is 75.5 Å². The largest absolute Gasteiger partial charge is 0.456 e. The monoisotopic (exact) mass is 613 g/mol. The quantitative estimate of drug-likeness (QED) is 0.185. The Morgan fingerprint density at radius 2 is 1.04 bits per heavy atom. The molecule has 0 bridgehead atoms. The molecule has 0 amide bonds. The van der Waals surface area contributed by atoms with Gasteiger partial charge >= 0.3 is 0 Å². The molecule has 0 aliphatic heterocycles. The van der Waals surface area contributed by atoms with Crippen molar-refractivity contribution in [1.29, 1.82) is 0 Å². The van der Waals surface area contributed by atoms with Crippen molar-refractivity contribution in [2.45, 2.75) is 0 Å². The molecule has 2 nitrogen and oxygen atoms in total. The van der Waals surface area contributed by atoms with Crippen LogP contribution in [0.1, 0.15) is 0 Å². The number of benzene rings is 8. The lowest BCUT2D eigenvalue weighted by Gasteiger charge is -2.30. The number of para-hydroxylation sites is 2. The normalized spacial score (nSPS) is 11.3. The fourth-order valence-corrected chi connectivity index (χ4v) is 7.02. The summed E-state index contributed by atoms with van der Waals surface area (Å²) in [5.41, 5.74) is 12.0. The van der Waals surface area contributed by atoms with Crippen molar-refractivity contribution < 1.29 is 4.42 Å². The van der Waals surface area contributed by atoms with Crippen molar-refractivity contribution in [2.24, 2.45) is 0 Å². The lowest BCUT2D eigenvalue weighted by Crippen LogP contribution is -2.12. The van der Waals surface area contributed by atoms with Crippen LogP contribution in [0.3, 0.4) is 0 Å². The topological polar surface area (TPSA) is 16.4 Å². The highest BCUT2D eigenvalue weighted by Crippen LogP contribution is 2.49. The van der Waals surface area contributed by atoms with Crippen LogP contribution >= 0.6 is 0 Å². The van der Waals surface area contributed by atoms with E-state index in [-0.39, 0.29) is 0 Å². The number of anilines is 3. The molecule has 2 heteroatoms. The fraction of sp³-hybridized carbons (Fsp3) is 0. The van der Waals surface area contributed by atoms with Crippen LogP contribution in [0, 0.1) is 0 Å². The molecule has 0 radical (unpaired) electrons. The zero-order valence-corrected chi connectivity index (χ0v) is 26.3. The van der Waals surface area contributed by atoms with Gasteiger partial charge in [-0.1, -0.05) is 146 Å². The van der Waals surface area contributed by atoms with Gasteiger partial charge in [0.05, 0.1) is 11.4 Å². The molecular formula is C46H31NO. The van der Waals surface area contributed by atoms with Crippen molar-refractivity contribution in [1.82, 2.24) is 0 Å². The number of nitrogens with zero attached hydrogens (tertiary/aromatic N) is 1. The van der Waals surface area contributed by atoms with Gasteiger partial charge in [-0.2, -0.15) is 0 Å². The van der Waals surface area contributed by atoms with Gasteiger partial charge in [-0.3, -0.25) is 0 Å². The third kappa shape index (κ3) is 4.83. The maximum absolute atomic E-state index is 6.51. The van der Waals surface area contributed by atoms with Crippen molar-refractivity contribution in [3.63, 3.8) is 0 Å². The summed E-state index contributed by atoms with van der Waals surface area (Å²) in [5.74, 6) is 0. The Kier molecular flexibility index (Phi) is 6.84.